The van der Waals surface area contributed by atoms with Crippen molar-refractivity contribution in [2.24, 2.45) is 5.92 Å². The van der Waals surface area contributed by atoms with Crippen molar-refractivity contribution >= 4 is 9.84 Å². The van der Waals surface area contributed by atoms with Crippen LogP contribution in [-0.4, -0.2) is 60.9 Å². The van der Waals surface area contributed by atoms with E-state index in [-0.39, 0.29) is 10.8 Å². The molecule has 8 heteroatoms. The van der Waals surface area contributed by atoms with E-state index in [0.717, 1.165) is 37.4 Å². The van der Waals surface area contributed by atoms with Gasteiger partial charge in [0.15, 0.2) is 11.5 Å². The summed E-state index contributed by atoms with van der Waals surface area (Å²) in [5.74, 6) is 2.77. The van der Waals surface area contributed by atoms with E-state index in [1.165, 1.54) is 5.56 Å². The SMILES string of the molecule is COc1ccc(CCN(C)CCCOc2ccc(S(=O)(=O)C3=C(C(C)C)OCC3)cc2)cc1OC. The van der Waals surface area contributed by atoms with Gasteiger partial charge in [-0.3, -0.25) is 0 Å². The van der Waals surface area contributed by atoms with Crippen molar-refractivity contribution in [2.75, 3.05) is 47.6 Å². The number of hydrogen-bond donors (Lipinski definition) is 0. The molecule has 0 atom stereocenters. The van der Waals surface area contributed by atoms with Crippen molar-refractivity contribution < 1.29 is 27.4 Å². The van der Waals surface area contributed by atoms with Crippen molar-refractivity contribution in [1.29, 1.82) is 0 Å². The summed E-state index contributed by atoms with van der Waals surface area (Å²) in [6, 6.07) is 12.7. The van der Waals surface area contributed by atoms with Crippen LogP contribution in [0.1, 0.15) is 32.3 Å². The molecule has 1 aliphatic rings. The Kier molecular flexibility index (Phi) is 9.46. The van der Waals surface area contributed by atoms with Crippen molar-refractivity contribution in [1.82, 2.24) is 4.90 Å². The van der Waals surface area contributed by atoms with Crippen LogP contribution in [0.2, 0.25) is 0 Å². The summed E-state index contributed by atoms with van der Waals surface area (Å²) in [6.07, 6.45) is 2.20. The van der Waals surface area contributed by atoms with Crippen LogP contribution in [0.3, 0.4) is 0 Å². The molecule has 2 aromatic rings. The molecule has 192 valence electrons. The molecular weight excluding hydrogens is 466 g/mol. The van der Waals surface area contributed by atoms with Gasteiger partial charge in [-0.1, -0.05) is 19.9 Å². The molecule has 0 spiro atoms. The second-order valence-electron chi connectivity index (χ2n) is 8.96. The summed E-state index contributed by atoms with van der Waals surface area (Å²) in [7, 11) is 1.82. The van der Waals surface area contributed by atoms with Crippen molar-refractivity contribution in [3.63, 3.8) is 0 Å². The monoisotopic (exact) mass is 503 g/mol. The van der Waals surface area contributed by atoms with Crippen LogP contribution in [0, 0.1) is 5.92 Å². The number of rotatable bonds is 13. The molecule has 3 rings (SSSR count). The first kappa shape index (κ1) is 26.9. The fourth-order valence-corrected chi connectivity index (χ4v) is 5.75. The fourth-order valence-electron chi connectivity index (χ4n) is 4.06. The highest BCUT2D eigenvalue weighted by molar-refractivity contribution is 7.95. The Labute approximate surface area is 209 Å². The first-order valence-corrected chi connectivity index (χ1v) is 13.5. The molecule has 0 bridgehead atoms. The molecule has 0 saturated heterocycles. The third-order valence-electron chi connectivity index (χ3n) is 6.03. The van der Waals surface area contributed by atoms with Gasteiger partial charge in [0.1, 0.15) is 11.5 Å². The summed E-state index contributed by atoms with van der Waals surface area (Å²) in [4.78, 5) is 2.94. The van der Waals surface area contributed by atoms with Crippen molar-refractivity contribution in [3.8, 4) is 17.2 Å². The normalized spacial score (nSPS) is 13.9. The largest absolute Gasteiger partial charge is 0.496 e. The number of nitrogens with zero attached hydrogens (tertiary/aromatic N) is 1. The van der Waals surface area contributed by atoms with E-state index in [4.69, 9.17) is 18.9 Å². The van der Waals surface area contributed by atoms with Gasteiger partial charge in [-0.05, 0) is 61.9 Å². The lowest BCUT2D eigenvalue weighted by Crippen LogP contribution is -2.23. The lowest BCUT2D eigenvalue weighted by Gasteiger charge is -2.17. The third-order valence-corrected chi connectivity index (χ3v) is 7.97. The molecule has 0 N–H and O–H groups in total. The van der Waals surface area contributed by atoms with E-state index in [1.807, 2.05) is 26.0 Å². The molecule has 1 aliphatic heterocycles. The highest BCUT2D eigenvalue weighted by Crippen LogP contribution is 2.34. The van der Waals surface area contributed by atoms with Crippen LogP contribution in [0.5, 0.6) is 17.2 Å². The average molecular weight is 504 g/mol. The molecule has 0 unspecified atom stereocenters. The maximum atomic E-state index is 13.0. The van der Waals surface area contributed by atoms with Gasteiger partial charge >= 0.3 is 0 Å². The first-order valence-electron chi connectivity index (χ1n) is 12.0. The molecule has 35 heavy (non-hydrogen) atoms. The lowest BCUT2D eigenvalue weighted by molar-refractivity contribution is 0.216. The van der Waals surface area contributed by atoms with E-state index in [9.17, 15) is 8.42 Å². The second-order valence-corrected chi connectivity index (χ2v) is 10.9. The van der Waals surface area contributed by atoms with Gasteiger partial charge in [0.25, 0.3) is 0 Å². The van der Waals surface area contributed by atoms with Crippen molar-refractivity contribution in [3.05, 3.63) is 58.7 Å². The number of methoxy groups -OCH3 is 2. The molecule has 0 radical (unpaired) electrons. The summed E-state index contributed by atoms with van der Waals surface area (Å²) < 4.78 is 48.1. The van der Waals surface area contributed by atoms with E-state index >= 15 is 0 Å². The van der Waals surface area contributed by atoms with Crippen LogP contribution >= 0.6 is 0 Å². The van der Waals surface area contributed by atoms with Crippen LogP contribution in [-0.2, 0) is 21.0 Å². The topological polar surface area (TPSA) is 74.3 Å². The predicted molar refractivity (Wildman–Crippen MR) is 137 cm³/mol. The van der Waals surface area contributed by atoms with Gasteiger partial charge < -0.3 is 23.8 Å². The Balaban J connectivity index is 1.44. The van der Waals surface area contributed by atoms with Crippen LogP contribution in [0.4, 0.5) is 0 Å². The molecule has 0 aliphatic carbocycles. The quantitative estimate of drug-likeness (QED) is 0.367. The molecule has 0 fully saturated rings. The number of benzene rings is 2. The van der Waals surface area contributed by atoms with Crippen LogP contribution in [0.25, 0.3) is 0 Å². The van der Waals surface area contributed by atoms with Gasteiger partial charge in [-0.2, -0.15) is 0 Å². The molecule has 0 saturated carbocycles. The molecule has 0 aromatic heterocycles. The molecule has 7 nitrogen and oxygen atoms in total. The Morgan fingerprint density at radius 1 is 1.00 bits per heavy atom. The lowest BCUT2D eigenvalue weighted by atomic mass is 10.1. The summed E-state index contributed by atoms with van der Waals surface area (Å²) in [5, 5.41) is 0. The van der Waals surface area contributed by atoms with Gasteiger partial charge in [0.2, 0.25) is 9.84 Å². The Hall–Kier alpha value is -2.71. The Bertz CT molecular complexity index is 1110. The molecule has 0 amide bonds. The summed E-state index contributed by atoms with van der Waals surface area (Å²) in [5.41, 5.74) is 1.20. The van der Waals surface area contributed by atoms with Gasteiger partial charge in [0.05, 0.1) is 37.2 Å². The zero-order valence-corrected chi connectivity index (χ0v) is 22.2. The van der Waals surface area contributed by atoms with E-state index < -0.39 is 9.84 Å². The Morgan fingerprint density at radius 3 is 2.37 bits per heavy atom. The van der Waals surface area contributed by atoms with Crippen LogP contribution in [0.15, 0.2) is 58.0 Å². The van der Waals surface area contributed by atoms with Crippen LogP contribution < -0.4 is 14.2 Å². The zero-order chi connectivity index (χ0) is 25.4. The molecule has 1 heterocycles. The average Bonchev–Trinajstić information content (AvgIpc) is 3.37. The third kappa shape index (κ3) is 6.92. The van der Waals surface area contributed by atoms with E-state index in [2.05, 4.69) is 18.0 Å². The number of ether oxygens (including phenoxy) is 4. The Morgan fingerprint density at radius 2 is 1.71 bits per heavy atom. The van der Waals surface area contributed by atoms with Gasteiger partial charge in [-0.15, -0.1) is 0 Å². The fraction of sp³-hybridized carbons (Fsp3) is 0.481. The second kappa shape index (κ2) is 12.3. The van der Waals surface area contributed by atoms with Gasteiger partial charge in [0, 0.05) is 25.4 Å². The van der Waals surface area contributed by atoms with Gasteiger partial charge in [-0.25, -0.2) is 8.42 Å². The number of allylic oxidation sites excluding steroid dienone is 1. The highest BCUT2D eigenvalue weighted by atomic mass is 32.2. The number of sulfone groups is 1. The minimum absolute atomic E-state index is 0.0436. The maximum Gasteiger partial charge on any atom is 0.206 e. The zero-order valence-electron chi connectivity index (χ0n) is 21.4. The van der Waals surface area contributed by atoms with Crippen molar-refractivity contribution in [2.45, 2.75) is 38.0 Å². The molecular formula is C27H37NO6S. The number of likely N-dealkylation sites (N-methyl/N-ethyl adjacent to an activating group) is 1. The van der Waals surface area contributed by atoms with E-state index in [0.29, 0.717) is 36.0 Å². The standard InChI is InChI=1S/C27H37NO6S/c1-20(2)27-26(14-18-34-27)35(29,30)23-10-8-22(9-11-23)33-17-6-15-28(3)16-13-21-7-12-24(31-4)25(19-21)32-5/h7-12,19-20H,6,13-18H2,1-5H3. The highest BCUT2D eigenvalue weighted by Gasteiger charge is 2.30. The predicted octanol–water partition coefficient (Wildman–Crippen LogP) is 4.71. The smallest absolute Gasteiger partial charge is 0.206 e. The summed E-state index contributed by atoms with van der Waals surface area (Å²) in [6.45, 7) is 6.68. The molecule has 2 aromatic carbocycles. The minimum atomic E-state index is -3.55. The maximum absolute atomic E-state index is 13.0. The number of hydrogen-bond acceptors (Lipinski definition) is 7. The summed E-state index contributed by atoms with van der Waals surface area (Å²) >= 11 is 0. The first-order chi connectivity index (χ1) is 16.8. The van der Waals surface area contributed by atoms with E-state index in [1.54, 1.807) is 38.5 Å². The minimum Gasteiger partial charge on any atom is -0.496 e.